The molecule has 0 aliphatic carbocycles. The summed E-state index contributed by atoms with van der Waals surface area (Å²) in [4.78, 5) is 1.53. The van der Waals surface area contributed by atoms with Gasteiger partial charge in [-0.1, -0.05) is 6.07 Å². The van der Waals surface area contributed by atoms with Crippen LogP contribution in [0.1, 0.15) is 30.6 Å². The van der Waals surface area contributed by atoms with Crippen LogP contribution in [0.2, 0.25) is 0 Å². The van der Waals surface area contributed by atoms with Crippen molar-refractivity contribution >= 4 is 23.1 Å². The Morgan fingerprint density at radius 1 is 1.41 bits per heavy atom. The lowest BCUT2D eigenvalue weighted by atomic mass is 9.92. The summed E-state index contributed by atoms with van der Waals surface area (Å²) < 4.78 is 0. The van der Waals surface area contributed by atoms with Gasteiger partial charge in [0.1, 0.15) is 0 Å². The van der Waals surface area contributed by atoms with Gasteiger partial charge in [0.2, 0.25) is 0 Å². The molecule has 1 aromatic rings. The summed E-state index contributed by atoms with van der Waals surface area (Å²) in [6, 6.07) is 5.13. The van der Waals surface area contributed by atoms with E-state index in [-0.39, 0.29) is 0 Å². The van der Waals surface area contributed by atoms with E-state index in [1.54, 1.807) is 0 Å². The third kappa shape index (κ3) is 4.65. The Bertz CT molecular complexity index is 291. The summed E-state index contributed by atoms with van der Waals surface area (Å²) in [5, 5.41) is 5.69. The second kappa shape index (κ2) is 7.45. The minimum Gasteiger partial charge on any atom is -0.317 e. The zero-order chi connectivity index (χ0) is 11.9. The van der Waals surface area contributed by atoms with Gasteiger partial charge in [0.05, 0.1) is 0 Å². The first-order valence-corrected chi connectivity index (χ1v) is 8.69. The normalized spacial score (nSPS) is 19.4. The van der Waals surface area contributed by atoms with E-state index in [4.69, 9.17) is 0 Å². The third-order valence-electron chi connectivity index (χ3n) is 3.69. The fourth-order valence-electron chi connectivity index (χ4n) is 2.54. The summed E-state index contributed by atoms with van der Waals surface area (Å²) >= 11 is 4.02. The fourth-order valence-corrected chi connectivity index (χ4v) is 4.46. The molecule has 17 heavy (non-hydrogen) atoms. The molecule has 0 aromatic carbocycles. The maximum absolute atomic E-state index is 3.51. The fraction of sp³-hybridized carbons (Fsp3) is 0.714. The highest BCUT2D eigenvalue weighted by Crippen LogP contribution is 2.27. The van der Waals surface area contributed by atoms with Crippen LogP contribution in [0.3, 0.4) is 0 Å². The molecular formula is C14H23NS2. The number of thioether (sulfide) groups is 1. The second-order valence-electron chi connectivity index (χ2n) is 4.90. The summed E-state index contributed by atoms with van der Waals surface area (Å²) in [7, 11) is 2.12. The van der Waals surface area contributed by atoms with E-state index in [0.29, 0.717) is 6.04 Å². The number of nitrogens with one attached hydrogen (secondary N) is 1. The molecule has 1 saturated heterocycles. The van der Waals surface area contributed by atoms with Crippen molar-refractivity contribution in [2.75, 3.05) is 18.6 Å². The predicted molar refractivity (Wildman–Crippen MR) is 80.2 cm³/mol. The molecule has 1 unspecified atom stereocenters. The van der Waals surface area contributed by atoms with Crippen LogP contribution < -0.4 is 5.32 Å². The van der Waals surface area contributed by atoms with E-state index in [1.165, 1.54) is 48.5 Å². The summed E-state index contributed by atoms with van der Waals surface area (Å²) in [5.74, 6) is 3.73. The van der Waals surface area contributed by atoms with Crippen molar-refractivity contribution in [1.82, 2.24) is 5.32 Å². The topological polar surface area (TPSA) is 12.0 Å². The summed E-state index contributed by atoms with van der Waals surface area (Å²) in [5.41, 5.74) is 0. The van der Waals surface area contributed by atoms with E-state index in [1.807, 2.05) is 11.3 Å². The van der Waals surface area contributed by atoms with Crippen molar-refractivity contribution in [3.8, 4) is 0 Å². The average molecular weight is 269 g/mol. The molecule has 3 heteroatoms. The van der Waals surface area contributed by atoms with E-state index in [0.717, 1.165) is 5.92 Å². The molecule has 1 N–H and O–H groups in total. The Morgan fingerprint density at radius 3 is 2.88 bits per heavy atom. The van der Waals surface area contributed by atoms with Crippen LogP contribution in [0.15, 0.2) is 17.5 Å². The molecule has 0 amide bonds. The molecule has 2 rings (SSSR count). The standard InChI is InChI=1S/C14H23NS2/c1-15-13(4-5-14-3-2-8-17-14)11-12-6-9-16-10-7-12/h2-3,8,12-13,15H,4-7,9-11H2,1H3. The molecule has 96 valence electrons. The molecule has 1 fully saturated rings. The molecule has 2 heterocycles. The Kier molecular flexibility index (Phi) is 5.89. The Morgan fingerprint density at radius 2 is 2.24 bits per heavy atom. The molecule has 1 aromatic heterocycles. The van der Waals surface area contributed by atoms with Crippen molar-refractivity contribution in [1.29, 1.82) is 0 Å². The SMILES string of the molecule is CNC(CCc1cccs1)CC1CCSCC1. The highest BCUT2D eigenvalue weighted by Gasteiger charge is 2.18. The van der Waals surface area contributed by atoms with E-state index in [9.17, 15) is 0 Å². The summed E-state index contributed by atoms with van der Waals surface area (Å²) in [6.07, 6.45) is 6.78. The monoisotopic (exact) mass is 269 g/mol. The van der Waals surface area contributed by atoms with Crippen molar-refractivity contribution in [2.45, 2.75) is 38.1 Å². The predicted octanol–water partition coefficient (Wildman–Crippen LogP) is 3.80. The van der Waals surface area contributed by atoms with Crippen LogP contribution in [0.25, 0.3) is 0 Å². The van der Waals surface area contributed by atoms with E-state index < -0.39 is 0 Å². The van der Waals surface area contributed by atoms with Gasteiger partial charge in [-0.15, -0.1) is 11.3 Å². The van der Waals surface area contributed by atoms with Crippen LogP contribution >= 0.6 is 23.1 Å². The summed E-state index contributed by atoms with van der Waals surface area (Å²) in [6.45, 7) is 0. The van der Waals surface area contributed by atoms with Crippen LogP contribution in [-0.2, 0) is 6.42 Å². The van der Waals surface area contributed by atoms with Crippen LogP contribution in [0, 0.1) is 5.92 Å². The zero-order valence-corrected chi connectivity index (χ0v) is 12.3. The lowest BCUT2D eigenvalue weighted by Gasteiger charge is -2.26. The first-order valence-electron chi connectivity index (χ1n) is 6.66. The van der Waals surface area contributed by atoms with Crippen LogP contribution in [-0.4, -0.2) is 24.6 Å². The molecule has 1 aliphatic rings. The second-order valence-corrected chi connectivity index (χ2v) is 7.15. The first kappa shape index (κ1) is 13.4. The third-order valence-corrected chi connectivity index (χ3v) is 5.67. The zero-order valence-electron chi connectivity index (χ0n) is 10.7. The van der Waals surface area contributed by atoms with Crippen molar-refractivity contribution in [2.24, 2.45) is 5.92 Å². The van der Waals surface area contributed by atoms with Crippen LogP contribution in [0.5, 0.6) is 0 Å². The lowest BCUT2D eigenvalue weighted by Crippen LogP contribution is -2.29. The molecule has 1 nitrogen and oxygen atoms in total. The molecule has 0 bridgehead atoms. The molecule has 1 atom stereocenters. The van der Waals surface area contributed by atoms with Crippen molar-refractivity contribution in [3.63, 3.8) is 0 Å². The van der Waals surface area contributed by atoms with Crippen molar-refractivity contribution in [3.05, 3.63) is 22.4 Å². The smallest absolute Gasteiger partial charge is 0.00701 e. The van der Waals surface area contributed by atoms with Gasteiger partial charge in [-0.3, -0.25) is 0 Å². The Labute approximate surface area is 113 Å². The largest absolute Gasteiger partial charge is 0.317 e. The van der Waals surface area contributed by atoms with Crippen molar-refractivity contribution < 1.29 is 0 Å². The average Bonchev–Trinajstić information content (AvgIpc) is 2.89. The maximum Gasteiger partial charge on any atom is 0.00701 e. The number of thiophene rings is 1. The number of rotatable bonds is 6. The lowest BCUT2D eigenvalue weighted by molar-refractivity contribution is 0.365. The van der Waals surface area contributed by atoms with Gasteiger partial charge in [-0.25, -0.2) is 0 Å². The first-order chi connectivity index (χ1) is 8.38. The van der Waals surface area contributed by atoms with Gasteiger partial charge >= 0.3 is 0 Å². The Hall–Kier alpha value is 0.01000. The Balaban J connectivity index is 1.72. The number of hydrogen-bond donors (Lipinski definition) is 1. The van der Waals surface area contributed by atoms with Gasteiger partial charge in [0.15, 0.2) is 0 Å². The van der Waals surface area contributed by atoms with E-state index >= 15 is 0 Å². The highest BCUT2D eigenvalue weighted by molar-refractivity contribution is 7.99. The minimum absolute atomic E-state index is 0.713. The van der Waals surface area contributed by atoms with Gasteiger partial charge in [0, 0.05) is 10.9 Å². The highest BCUT2D eigenvalue weighted by atomic mass is 32.2. The van der Waals surface area contributed by atoms with Gasteiger partial charge in [0.25, 0.3) is 0 Å². The van der Waals surface area contributed by atoms with Gasteiger partial charge < -0.3 is 5.32 Å². The minimum atomic E-state index is 0.713. The molecular weight excluding hydrogens is 246 g/mol. The number of aryl methyl sites for hydroxylation is 1. The maximum atomic E-state index is 3.51. The molecule has 0 radical (unpaired) electrons. The van der Waals surface area contributed by atoms with E-state index in [2.05, 4.69) is 41.6 Å². The molecule has 0 saturated carbocycles. The number of hydrogen-bond acceptors (Lipinski definition) is 3. The van der Waals surface area contributed by atoms with Gasteiger partial charge in [-0.05, 0) is 68.0 Å². The molecule has 1 aliphatic heterocycles. The molecule has 0 spiro atoms. The van der Waals surface area contributed by atoms with Gasteiger partial charge in [-0.2, -0.15) is 11.8 Å². The quantitative estimate of drug-likeness (QED) is 0.843. The van der Waals surface area contributed by atoms with Crippen LogP contribution in [0.4, 0.5) is 0 Å².